The summed E-state index contributed by atoms with van der Waals surface area (Å²) in [6, 6.07) is 8.72. The molecule has 1 fully saturated rings. The lowest BCUT2D eigenvalue weighted by Crippen LogP contribution is -2.57. The predicted molar refractivity (Wildman–Crippen MR) is 103 cm³/mol. The number of carbonyl (C=O) groups excluding carboxylic acids is 1. The van der Waals surface area contributed by atoms with E-state index in [0.29, 0.717) is 6.04 Å². The summed E-state index contributed by atoms with van der Waals surface area (Å²) in [5.74, 6) is 0. The lowest BCUT2D eigenvalue weighted by atomic mass is 9.96. The number of halogens is 1. The van der Waals surface area contributed by atoms with E-state index in [1.54, 1.807) is 0 Å². The average Bonchev–Trinajstić information content (AvgIpc) is 2.50. The van der Waals surface area contributed by atoms with Crippen molar-refractivity contribution < 1.29 is 9.53 Å². The summed E-state index contributed by atoms with van der Waals surface area (Å²) < 4.78 is 5.55. The highest BCUT2D eigenvalue weighted by Gasteiger charge is 2.34. The van der Waals surface area contributed by atoms with Crippen LogP contribution in [0.1, 0.15) is 53.0 Å². The molecule has 3 atom stereocenters. The van der Waals surface area contributed by atoms with Crippen LogP contribution in [0.2, 0.25) is 5.02 Å². The topological polar surface area (TPSA) is 41.6 Å². The average molecular weight is 367 g/mol. The van der Waals surface area contributed by atoms with Gasteiger partial charge < -0.3 is 15.0 Å². The van der Waals surface area contributed by atoms with Crippen molar-refractivity contribution in [2.45, 2.75) is 77.6 Å². The first-order valence-corrected chi connectivity index (χ1v) is 9.53. The van der Waals surface area contributed by atoms with Crippen LogP contribution in [0.4, 0.5) is 4.79 Å². The van der Waals surface area contributed by atoms with E-state index in [1.807, 2.05) is 37.8 Å². The minimum atomic E-state index is -0.459. The molecular formula is C20H31ClN2O2. The van der Waals surface area contributed by atoms with Gasteiger partial charge in [-0.15, -0.1) is 0 Å². The van der Waals surface area contributed by atoms with Gasteiger partial charge in [0.2, 0.25) is 0 Å². The maximum absolute atomic E-state index is 12.4. The first kappa shape index (κ1) is 20.1. The fourth-order valence-corrected chi connectivity index (χ4v) is 3.47. The van der Waals surface area contributed by atoms with Crippen molar-refractivity contribution in [1.82, 2.24) is 10.2 Å². The van der Waals surface area contributed by atoms with Crippen LogP contribution >= 0.6 is 11.6 Å². The van der Waals surface area contributed by atoms with E-state index < -0.39 is 5.60 Å². The number of carbonyl (C=O) groups is 1. The molecule has 1 aromatic carbocycles. The molecule has 1 aliphatic rings. The van der Waals surface area contributed by atoms with Crippen LogP contribution < -0.4 is 5.32 Å². The third-order valence-corrected chi connectivity index (χ3v) is 4.82. The minimum Gasteiger partial charge on any atom is -0.444 e. The Bertz CT molecular complexity index is 568. The van der Waals surface area contributed by atoms with Crippen LogP contribution in [0.5, 0.6) is 0 Å². The third kappa shape index (κ3) is 6.19. The van der Waals surface area contributed by atoms with Crippen molar-refractivity contribution in [3.8, 4) is 0 Å². The van der Waals surface area contributed by atoms with Gasteiger partial charge in [-0.3, -0.25) is 0 Å². The Balaban J connectivity index is 1.92. The summed E-state index contributed by atoms with van der Waals surface area (Å²) in [5, 5.41) is 4.46. The minimum absolute atomic E-state index is 0.122. The lowest BCUT2D eigenvalue weighted by molar-refractivity contribution is 0.00644. The molecule has 0 bridgehead atoms. The van der Waals surface area contributed by atoms with Gasteiger partial charge in [0.05, 0.1) is 0 Å². The van der Waals surface area contributed by atoms with E-state index in [9.17, 15) is 4.79 Å². The van der Waals surface area contributed by atoms with Gasteiger partial charge in [-0.1, -0.05) is 23.7 Å². The maximum atomic E-state index is 12.4. The highest BCUT2D eigenvalue weighted by Crippen LogP contribution is 2.21. The van der Waals surface area contributed by atoms with E-state index in [4.69, 9.17) is 16.3 Å². The molecule has 4 nitrogen and oxygen atoms in total. The van der Waals surface area contributed by atoms with Gasteiger partial charge in [-0.25, -0.2) is 4.79 Å². The highest BCUT2D eigenvalue weighted by molar-refractivity contribution is 6.30. The van der Waals surface area contributed by atoms with Crippen molar-refractivity contribution in [1.29, 1.82) is 0 Å². The number of piperidine rings is 1. The Morgan fingerprint density at radius 1 is 1.36 bits per heavy atom. The monoisotopic (exact) mass is 366 g/mol. The van der Waals surface area contributed by atoms with Gasteiger partial charge in [0, 0.05) is 29.7 Å². The second-order valence-corrected chi connectivity index (χ2v) is 8.50. The molecule has 5 heteroatoms. The zero-order valence-electron chi connectivity index (χ0n) is 16.0. The Labute approximate surface area is 156 Å². The van der Waals surface area contributed by atoms with Gasteiger partial charge in [0.25, 0.3) is 0 Å². The molecule has 2 rings (SSSR count). The maximum Gasteiger partial charge on any atom is 0.410 e. The predicted octanol–water partition coefficient (Wildman–Crippen LogP) is 4.65. The van der Waals surface area contributed by atoms with Crippen LogP contribution in [0.3, 0.4) is 0 Å². The van der Waals surface area contributed by atoms with Gasteiger partial charge in [0.1, 0.15) is 5.60 Å². The number of hydrogen-bond acceptors (Lipinski definition) is 3. The quantitative estimate of drug-likeness (QED) is 0.843. The summed E-state index contributed by atoms with van der Waals surface area (Å²) >= 11 is 5.95. The number of likely N-dealkylation sites (tertiary alicyclic amines) is 1. The second kappa shape index (κ2) is 8.41. The largest absolute Gasteiger partial charge is 0.444 e. The van der Waals surface area contributed by atoms with Crippen LogP contribution in [0.15, 0.2) is 24.3 Å². The Morgan fingerprint density at radius 3 is 2.60 bits per heavy atom. The molecule has 0 aromatic heterocycles. The Kier molecular flexibility index (Phi) is 6.75. The highest BCUT2D eigenvalue weighted by atomic mass is 35.5. The summed E-state index contributed by atoms with van der Waals surface area (Å²) in [4.78, 5) is 14.3. The van der Waals surface area contributed by atoms with Crippen LogP contribution in [0, 0.1) is 0 Å². The van der Waals surface area contributed by atoms with Crippen LogP contribution in [-0.2, 0) is 11.2 Å². The molecular weight excluding hydrogens is 336 g/mol. The first-order chi connectivity index (χ1) is 11.7. The van der Waals surface area contributed by atoms with E-state index in [2.05, 4.69) is 31.3 Å². The zero-order chi connectivity index (χ0) is 18.6. The molecule has 0 spiro atoms. The fourth-order valence-electron chi connectivity index (χ4n) is 3.34. The number of rotatable bonds is 4. The number of nitrogens with one attached hydrogen (secondary N) is 1. The number of hydrogen-bond donors (Lipinski definition) is 1. The fraction of sp³-hybridized carbons (Fsp3) is 0.650. The van der Waals surface area contributed by atoms with E-state index >= 15 is 0 Å². The summed E-state index contributed by atoms with van der Waals surface area (Å²) in [7, 11) is 0. The molecule has 25 heavy (non-hydrogen) atoms. The smallest absolute Gasteiger partial charge is 0.410 e. The molecule has 0 aliphatic carbocycles. The Hall–Kier alpha value is -1.26. The third-order valence-electron chi connectivity index (χ3n) is 4.57. The van der Waals surface area contributed by atoms with E-state index in [1.165, 1.54) is 5.56 Å². The number of benzene rings is 1. The van der Waals surface area contributed by atoms with Crippen molar-refractivity contribution in [2.75, 3.05) is 6.54 Å². The Morgan fingerprint density at radius 2 is 2.00 bits per heavy atom. The molecule has 0 saturated carbocycles. The van der Waals surface area contributed by atoms with Crippen molar-refractivity contribution in [2.24, 2.45) is 0 Å². The molecule has 3 unspecified atom stereocenters. The van der Waals surface area contributed by atoms with Crippen LogP contribution in [0.25, 0.3) is 0 Å². The molecule has 1 aliphatic heterocycles. The SMILES string of the molecule is CC(Cc1ccc(Cl)cc1)NC1CCCN(C(=O)OC(C)(C)C)C1C. The number of ether oxygens (including phenoxy) is 1. The molecule has 140 valence electrons. The van der Waals surface area contributed by atoms with Crippen molar-refractivity contribution in [3.05, 3.63) is 34.9 Å². The van der Waals surface area contributed by atoms with E-state index in [0.717, 1.165) is 30.8 Å². The molecule has 1 heterocycles. The first-order valence-electron chi connectivity index (χ1n) is 9.16. The zero-order valence-corrected chi connectivity index (χ0v) is 16.8. The van der Waals surface area contributed by atoms with Gasteiger partial charge in [0.15, 0.2) is 0 Å². The molecule has 1 N–H and O–H groups in total. The number of amides is 1. The molecule has 0 radical (unpaired) electrons. The lowest BCUT2D eigenvalue weighted by Gasteiger charge is -2.41. The summed E-state index contributed by atoms with van der Waals surface area (Å²) in [6.07, 6.45) is 2.80. The normalized spacial score (nSPS) is 22.6. The van der Waals surface area contributed by atoms with Crippen LogP contribution in [-0.4, -0.2) is 41.3 Å². The van der Waals surface area contributed by atoms with Crippen molar-refractivity contribution in [3.63, 3.8) is 0 Å². The summed E-state index contributed by atoms with van der Waals surface area (Å²) in [6.45, 7) is 10.8. The van der Waals surface area contributed by atoms with Gasteiger partial charge in [-0.2, -0.15) is 0 Å². The van der Waals surface area contributed by atoms with Gasteiger partial charge in [-0.05, 0) is 71.6 Å². The second-order valence-electron chi connectivity index (χ2n) is 8.06. The van der Waals surface area contributed by atoms with E-state index in [-0.39, 0.29) is 18.2 Å². The molecule has 1 amide bonds. The molecule has 1 saturated heterocycles. The molecule has 1 aromatic rings. The number of nitrogens with zero attached hydrogens (tertiary/aromatic N) is 1. The van der Waals surface area contributed by atoms with Gasteiger partial charge >= 0.3 is 6.09 Å². The summed E-state index contributed by atoms with van der Waals surface area (Å²) in [5.41, 5.74) is 0.802. The van der Waals surface area contributed by atoms with Crippen molar-refractivity contribution >= 4 is 17.7 Å². The standard InChI is InChI=1S/C20H31ClN2O2/c1-14(13-16-8-10-17(21)11-9-16)22-18-7-6-12-23(15(18)2)19(24)25-20(3,4)5/h8-11,14-15,18,22H,6-7,12-13H2,1-5H3.